The molecular weight excluding hydrogens is 493 g/mol. The second kappa shape index (κ2) is 9.75. The summed E-state index contributed by atoms with van der Waals surface area (Å²) >= 11 is 0.884. The minimum atomic E-state index is -0.389. The van der Waals surface area contributed by atoms with Crippen LogP contribution in [0.25, 0.3) is 17.4 Å². The van der Waals surface area contributed by atoms with E-state index in [4.69, 9.17) is 4.42 Å². The second-order valence-corrected chi connectivity index (χ2v) is 10.9. The van der Waals surface area contributed by atoms with Gasteiger partial charge in [0.2, 0.25) is 5.95 Å². The van der Waals surface area contributed by atoms with E-state index in [9.17, 15) is 14.0 Å². The maximum Gasteiger partial charge on any atom is 0.290 e. The van der Waals surface area contributed by atoms with Crippen molar-refractivity contribution in [1.82, 2.24) is 20.6 Å². The first-order valence-corrected chi connectivity index (χ1v) is 13.2. The highest BCUT2D eigenvalue weighted by molar-refractivity contribution is 8.18. The van der Waals surface area contributed by atoms with Crippen LogP contribution in [0.3, 0.4) is 0 Å². The van der Waals surface area contributed by atoms with Crippen LogP contribution in [0, 0.1) is 11.2 Å². The number of hydrogen-bond donors (Lipinski definition) is 2. The van der Waals surface area contributed by atoms with Gasteiger partial charge < -0.3 is 14.6 Å². The van der Waals surface area contributed by atoms with Gasteiger partial charge in [0.15, 0.2) is 0 Å². The van der Waals surface area contributed by atoms with E-state index in [2.05, 4.69) is 25.5 Å². The lowest BCUT2D eigenvalue weighted by molar-refractivity contribution is -0.115. The Morgan fingerprint density at radius 2 is 2.05 bits per heavy atom. The van der Waals surface area contributed by atoms with Crippen LogP contribution in [0.4, 0.5) is 15.1 Å². The molecular formula is C27H26FN5O3S. The van der Waals surface area contributed by atoms with Gasteiger partial charge in [0.25, 0.3) is 11.1 Å². The third kappa shape index (κ3) is 5.03. The van der Waals surface area contributed by atoms with Gasteiger partial charge in [-0.2, -0.15) is 0 Å². The number of thioether (sulfide) groups is 1. The molecule has 2 aromatic heterocycles. The number of nitrogens with one attached hydrogen (secondary N) is 2. The smallest absolute Gasteiger partial charge is 0.290 e. The number of anilines is 1. The van der Waals surface area contributed by atoms with Crippen LogP contribution in [0.2, 0.25) is 0 Å². The van der Waals surface area contributed by atoms with Gasteiger partial charge in [-0.05, 0) is 84.8 Å². The van der Waals surface area contributed by atoms with Crippen LogP contribution in [-0.4, -0.2) is 40.2 Å². The third-order valence-corrected chi connectivity index (χ3v) is 8.30. The number of carbonyl (C=O) groups excluding carboxylic acids is 2. The number of piperidine rings is 1. The molecule has 1 saturated carbocycles. The Bertz CT molecular complexity index is 1360. The predicted molar refractivity (Wildman–Crippen MR) is 139 cm³/mol. The average Bonchev–Trinajstić information content (AvgIpc) is 3.52. The molecule has 37 heavy (non-hydrogen) atoms. The largest absolute Gasteiger partial charge is 0.464 e. The molecule has 0 atom stereocenters. The minimum Gasteiger partial charge on any atom is -0.464 e. The fourth-order valence-corrected chi connectivity index (χ4v) is 6.15. The van der Waals surface area contributed by atoms with E-state index in [1.807, 2.05) is 18.2 Å². The highest BCUT2D eigenvalue weighted by atomic mass is 32.2. The quantitative estimate of drug-likeness (QED) is 0.451. The van der Waals surface area contributed by atoms with Crippen molar-refractivity contribution in [1.29, 1.82) is 0 Å². The molecule has 4 heterocycles. The topological polar surface area (TPSA) is 100 Å². The molecule has 10 heteroatoms. The molecule has 8 nitrogen and oxygen atoms in total. The van der Waals surface area contributed by atoms with Gasteiger partial charge in [-0.25, -0.2) is 14.4 Å². The van der Waals surface area contributed by atoms with Crippen molar-refractivity contribution >= 4 is 34.9 Å². The van der Waals surface area contributed by atoms with E-state index in [0.717, 1.165) is 61.7 Å². The zero-order valence-electron chi connectivity index (χ0n) is 20.1. The number of rotatable bonds is 6. The third-order valence-electron chi connectivity index (χ3n) is 7.49. The first-order chi connectivity index (χ1) is 18.0. The summed E-state index contributed by atoms with van der Waals surface area (Å²) in [6.45, 7) is 2.42. The maximum atomic E-state index is 13.8. The molecule has 0 radical (unpaired) electrons. The van der Waals surface area contributed by atoms with Crippen molar-refractivity contribution < 1.29 is 18.4 Å². The van der Waals surface area contributed by atoms with Crippen LogP contribution in [0.15, 0.2) is 58.2 Å². The van der Waals surface area contributed by atoms with E-state index in [0.29, 0.717) is 40.3 Å². The fraction of sp³-hybridized carbons (Fsp3) is 0.333. The summed E-state index contributed by atoms with van der Waals surface area (Å²) in [4.78, 5) is 34.8. The molecule has 1 aromatic carbocycles. The van der Waals surface area contributed by atoms with Crippen LogP contribution >= 0.6 is 11.8 Å². The Morgan fingerprint density at radius 1 is 1.22 bits per heavy atom. The molecule has 3 fully saturated rings. The number of amides is 2. The van der Waals surface area contributed by atoms with Crippen LogP contribution in [0.5, 0.6) is 0 Å². The Kier molecular flexibility index (Phi) is 6.29. The van der Waals surface area contributed by atoms with Gasteiger partial charge >= 0.3 is 0 Å². The highest BCUT2D eigenvalue weighted by Crippen LogP contribution is 2.49. The van der Waals surface area contributed by atoms with E-state index in [-0.39, 0.29) is 17.0 Å². The molecule has 2 amide bonds. The minimum absolute atomic E-state index is 0.270. The van der Waals surface area contributed by atoms with Gasteiger partial charge in [0.1, 0.15) is 11.6 Å². The van der Waals surface area contributed by atoms with Crippen LogP contribution in [-0.2, 0) is 11.3 Å². The van der Waals surface area contributed by atoms with E-state index >= 15 is 0 Å². The van der Waals surface area contributed by atoms with E-state index in [1.54, 1.807) is 24.6 Å². The van der Waals surface area contributed by atoms with E-state index < -0.39 is 0 Å². The van der Waals surface area contributed by atoms with Crippen molar-refractivity contribution in [3.05, 3.63) is 70.8 Å². The van der Waals surface area contributed by atoms with Crippen molar-refractivity contribution in [2.24, 2.45) is 5.41 Å². The first kappa shape index (κ1) is 23.9. The normalized spacial score (nSPS) is 20.5. The number of halogens is 1. The van der Waals surface area contributed by atoms with Crippen LogP contribution in [0.1, 0.15) is 36.9 Å². The Balaban J connectivity index is 1.03. The Labute approximate surface area is 217 Å². The molecule has 1 spiro atoms. The van der Waals surface area contributed by atoms with Crippen molar-refractivity contribution in [3.8, 4) is 11.3 Å². The van der Waals surface area contributed by atoms with Crippen molar-refractivity contribution in [2.45, 2.75) is 38.3 Å². The van der Waals surface area contributed by atoms with Gasteiger partial charge in [-0.3, -0.25) is 14.9 Å². The summed E-state index contributed by atoms with van der Waals surface area (Å²) in [5, 5.41) is 5.55. The molecule has 6 rings (SSSR count). The van der Waals surface area contributed by atoms with Gasteiger partial charge in [-0.1, -0.05) is 6.07 Å². The predicted octanol–water partition coefficient (Wildman–Crippen LogP) is 4.74. The summed E-state index contributed by atoms with van der Waals surface area (Å²) in [5.74, 6) is 0.665. The summed E-state index contributed by atoms with van der Waals surface area (Å²) in [6.07, 6.45) is 9.29. The van der Waals surface area contributed by atoms with E-state index in [1.165, 1.54) is 12.1 Å². The molecule has 2 N–H and O–H groups in total. The zero-order valence-corrected chi connectivity index (χ0v) is 20.9. The maximum absolute atomic E-state index is 13.8. The number of imide groups is 1. The van der Waals surface area contributed by atoms with Crippen molar-refractivity contribution in [3.63, 3.8) is 0 Å². The molecule has 0 unspecified atom stereocenters. The number of carbonyl (C=O) groups is 2. The number of nitrogens with zero attached hydrogens (tertiary/aromatic N) is 3. The molecule has 2 aliphatic heterocycles. The Morgan fingerprint density at radius 3 is 2.78 bits per heavy atom. The molecule has 3 aliphatic rings. The van der Waals surface area contributed by atoms with Gasteiger partial charge in [0, 0.05) is 37.4 Å². The lowest BCUT2D eigenvalue weighted by atomic mass is 9.60. The number of benzene rings is 1. The average molecular weight is 520 g/mol. The zero-order chi connectivity index (χ0) is 25.4. The molecule has 1 aliphatic carbocycles. The lowest BCUT2D eigenvalue weighted by Gasteiger charge is -2.52. The van der Waals surface area contributed by atoms with Crippen LogP contribution < -0.4 is 15.5 Å². The number of furan rings is 1. The fourth-order valence-electron chi connectivity index (χ4n) is 5.49. The molecule has 0 bridgehead atoms. The number of aromatic nitrogens is 2. The highest BCUT2D eigenvalue weighted by Gasteiger charge is 2.45. The molecule has 190 valence electrons. The Hall–Kier alpha value is -3.50. The summed E-state index contributed by atoms with van der Waals surface area (Å²) in [6, 6.07) is 10.7. The lowest BCUT2D eigenvalue weighted by Crippen LogP contribution is -2.53. The standard InChI is InChI=1S/C27H26FN5O3S/c28-18-4-3-17(21(12-18)22-2-1-11-36-22)16-30-20-14-27(15-20)6-9-33(10-7-27)25-29-8-5-19(31-25)13-23-24(34)32-26(35)37-23/h1-5,8,11-13,20,30H,6-7,9-10,14-16H2,(H,32,34,35)/b23-13-. The summed E-state index contributed by atoms with van der Waals surface area (Å²) in [7, 11) is 0. The second-order valence-electron chi connectivity index (χ2n) is 9.89. The SMILES string of the molecule is O=C1NC(=O)/C(=C/c2ccnc(N3CCC4(CC3)CC(NCc3ccc(F)cc3-c3ccco3)C4)n2)S1. The van der Waals surface area contributed by atoms with Gasteiger partial charge in [-0.15, -0.1) is 0 Å². The molecule has 2 saturated heterocycles. The molecule has 3 aromatic rings. The monoisotopic (exact) mass is 519 g/mol. The summed E-state index contributed by atoms with van der Waals surface area (Å²) in [5.41, 5.74) is 2.76. The van der Waals surface area contributed by atoms with Crippen molar-refractivity contribution in [2.75, 3.05) is 18.0 Å². The number of hydrogen-bond acceptors (Lipinski definition) is 8. The first-order valence-electron chi connectivity index (χ1n) is 12.3. The summed E-state index contributed by atoms with van der Waals surface area (Å²) < 4.78 is 19.3. The van der Waals surface area contributed by atoms with Gasteiger partial charge in [0.05, 0.1) is 16.9 Å².